The number of nitrogens with two attached hydrogens (primary N) is 1. The van der Waals surface area contributed by atoms with E-state index in [9.17, 15) is 0 Å². The number of nitrogens with zero attached hydrogens (tertiary/aromatic N) is 2. The standard InChI is InChI=1S/C24H23N3OS.C4H10N2/c25-24-20-21(26-15-27-24)23(16-7-3-1-4-8-16)29-22(20)17-11-13-19(14-12-17)28-18-9-5-2-6-10-18;1-2-6-4-3-5-1/h2,5-6,9-16H,1,3-4,7-8H2,(H2,25,26,27);5-6H,1-4H2. The first-order chi connectivity index (χ1) is 17.3. The first-order valence-corrected chi connectivity index (χ1v) is 13.4. The Kier molecular flexibility index (Phi) is 7.88. The summed E-state index contributed by atoms with van der Waals surface area (Å²) >= 11 is 1.83. The minimum Gasteiger partial charge on any atom is -0.457 e. The Labute approximate surface area is 211 Å². The molecule has 1 aliphatic heterocycles. The predicted octanol–water partition coefficient (Wildman–Crippen LogP) is 5.96. The van der Waals surface area contributed by atoms with Crippen LogP contribution in [0.15, 0.2) is 60.9 Å². The van der Waals surface area contributed by atoms with E-state index in [0.29, 0.717) is 11.7 Å². The molecule has 1 aliphatic carbocycles. The molecule has 3 heterocycles. The van der Waals surface area contributed by atoms with Crippen molar-refractivity contribution in [2.45, 2.75) is 38.0 Å². The van der Waals surface area contributed by atoms with Crippen LogP contribution in [-0.2, 0) is 0 Å². The topological polar surface area (TPSA) is 85.1 Å². The number of rotatable bonds is 4. The number of ether oxygens (including phenoxy) is 1. The summed E-state index contributed by atoms with van der Waals surface area (Å²) in [5.41, 5.74) is 8.46. The lowest BCUT2D eigenvalue weighted by Crippen LogP contribution is -2.39. The third kappa shape index (κ3) is 5.81. The lowest BCUT2D eigenvalue weighted by Gasteiger charge is -2.20. The fourth-order valence-electron chi connectivity index (χ4n) is 4.77. The molecule has 35 heavy (non-hydrogen) atoms. The molecule has 2 aromatic carbocycles. The number of hydrogen-bond donors (Lipinski definition) is 3. The molecule has 0 bridgehead atoms. The highest BCUT2D eigenvalue weighted by atomic mass is 32.1. The quantitative estimate of drug-likeness (QED) is 0.329. The summed E-state index contributed by atoms with van der Waals surface area (Å²) < 4.78 is 5.93. The number of nitrogens with one attached hydrogen (secondary N) is 2. The molecule has 0 spiro atoms. The van der Waals surface area contributed by atoms with Crippen molar-refractivity contribution in [1.29, 1.82) is 0 Å². The van der Waals surface area contributed by atoms with Crippen molar-refractivity contribution in [2.24, 2.45) is 0 Å². The molecule has 1 saturated heterocycles. The summed E-state index contributed by atoms with van der Waals surface area (Å²) in [5.74, 6) is 2.80. The maximum atomic E-state index is 6.30. The van der Waals surface area contributed by atoms with Crippen LogP contribution in [0.25, 0.3) is 21.3 Å². The lowest BCUT2D eigenvalue weighted by molar-refractivity contribution is 0.449. The number of fused-ring (bicyclic) bond motifs is 1. The second kappa shape index (κ2) is 11.6. The molecule has 0 amide bonds. The van der Waals surface area contributed by atoms with E-state index in [1.54, 1.807) is 6.33 Å². The van der Waals surface area contributed by atoms with Gasteiger partial charge in [-0.15, -0.1) is 11.3 Å². The van der Waals surface area contributed by atoms with E-state index in [-0.39, 0.29) is 0 Å². The molecule has 182 valence electrons. The molecule has 2 fully saturated rings. The summed E-state index contributed by atoms with van der Waals surface area (Å²) in [4.78, 5) is 11.4. The number of benzene rings is 2. The Morgan fingerprint density at radius 3 is 2.11 bits per heavy atom. The Morgan fingerprint density at radius 1 is 0.800 bits per heavy atom. The zero-order valence-corrected chi connectivity index (χ0v) is 20.8. The van der Waals surface area contributed by atoms with Gasteiger partial charge in [-0.05, 0) is 60.7 Å². The van der Waals surface area contributed by atoms with E-state index >= 15 is 0 Å². The summed E-state index contributed by atoms with van der Waals surface area (Å²) in [7, 11) is 0. The van der Waals surface area contributed by atoms with Gasteiger partial charge in [-0.25, -0.2) is 9.97 Å². The second-order valence-corrected chi connectivity index (χ2v) is 10.1. The Balaban J connectivity index is 0.000000371. The van der Waals surface area contributed by atoms with Crippen LogP contribution in [0.5, 0.6) is 11.5 Å². The molecule has 1 saturated carbocycles. The molecular weight excluding hydrogens is 454 g/mol. The third-order valence-electron chi connectivity index (χ3n) is 6.58. The Bertz CT molecular complexity index is 1200. The molecular formula is C28H33N5OS. The minimum atomic E-state index is 0.563. The van der Waals surface area contributed by atoms with Gasteiger partial charge in [-0.2, -0.15) is 0 Å². The molecule has 6 nitrogen and oxygen atoms in total. The molecule has 7 heteroatoms. The van der Waals surface area contributed by atoms with Gasteiger partial charge in [-0.3, -0.25) is 0 Å². The number of aromatic nitrogens is 2. The Morgan fingerprint density at radius 2 is 1.46 bits per heavy atom. The lowest BCUT2D eigenvalue weighted by atomic mass is 9.87. The molecule has 2 aromatic heterocycles. The third-order valence-corrected chi connectivity index (χ3v) is 7.97. The van der Waals surface area contributed by atoms with E-state index in [1.165, 1.54) is 37.0 Å². The average molecular weight is 488 g/mol. The van der Waals surface area contributed by atoms with Crippen molar-refractivity contribution in [3.63, 3.8) is 0 Å². The Hall–Kier alpha value is -3.00. The largest absolute Gasteiger partial charge is 0.457 e. The maximum absolute atomic E-state index is 6.30. The van der Waals surface area contributed by atoms with Crippen LogP contribution >= 0.6 is 11.3 Å². The minimum absolute atomic E-state index is 0.563. The first kappa shape index (κ1) is 23.7. The summed E-state index contributed by atoms with van der Waals surface area (Å²) in [6, 6.07) is 18.0. The van der Waals surface area contributed by atoms with Gasteiger partial charge < -0.3 is 21.1 Å². The number of nitrogen functional groups attached to an aromatic ring is 1. The normalized spacial score (nSPS) is 16.5. The first-order valence-electron chi connectivity index (χ1n) is 12.6. The van der Waals surface area contributed by atoms with Gasteiger partial charge in [0.25, 0.3) is 0 Å². The van der Waals surface area contributed by atoms with Crippen LogP contribution in [0, 0.1) is 0 Å². The second-order valence-electron chi connectivity index (χ2n) is 9.05. The van der Waals surface area contributed by atoms with E-state index in [0.717, 1.165) is 59.0 Å². The number of hydrogen-bond acceptors (Lipinski definition) is 7. The smallest absolute Gasteiger partial charge is 0.136 e. The van der Waals surface area contributed by atoms with Crippen LogP contribution in [-0.4, -0.2) is 36.1 Å². The van der Waals surface area contributed by atoms with Crippen molar-refractivity contribution in [3.8, 4) is 21.9 Å². The van der Waals surface area contributed by atoms with Gasteiger partial charge >= 0.3 is 0 Å². The molecule has 0 atom stereocenters. The van der Waals surface area contributed by atoms with Crippen LogP contribution in [0.1, 0.15) is 42.9 Å². The maximum Gasteiger partial charge on any atom is 0.136 e. The average Bonchev–Trinajstić information content (AvgIpc) is 3.33. The monoisotopic (exact) mass is 487 g/mol. The zero-order valence-electron chi connectivity index (χ0n) is 20.0. The predicted molar refractivity (Wildman–Crippen MR) is 145 cm³/mol. The molecule has 0 unspecified atom stereocenters. The number of anilines is 1. The van der Waals surface area contributed by atoms with Gasteiger partial charge in [0, 0.05) is 35.9 Å². The molecule has 0 radical (unpaired) electrons. The highest BCUT2D eigenvalue weighted by Gasteiger charge is 2.24. The van der Waals surface area contributed by atoms with Crippen molar-refractivity contribution in [2.75, 3.05) is 31.9 Å². The van der Waals surface area contributed by atoms with Crippen LogP contribution < -0.4 is 21.1 Å². The fourth-order valence-corrected chi connectivity index (χ4v) is 6.20. The van der Waals surface area contributed by atoms with Crippen molar-refractivity contribution < 1.29 is 4.74 Å². The van der Waals surface area contributed by atoms with Gasteiger partial charge in [0.15, 0.2) is 0 Å². The number of thiophene rings is 1. The van der Waals surface area contributed by atoms with Crippen molar-refractivity contribution in [3.05, 3.63) is 65.8 Å². The molecule has 6 rings (SSSR count). The zero-order chi connectivity index (χ0) is 23.9. The summed E-state index contributed by atoms with van der Waals surface area (Å²) in [6.07, 6.45) is 8.01. The molecule has 4 aromatic rings. The summed E-state index contributed by atoms with van der Waals surface area (Å²) in [5, 5.41) is 7.44. The van der Waals surface area contributed by atoms with Gasteiger partial charge in [0.1, 0.15) is 23.6 Å². The summed E-state index contributed by atoms with van der Waals surface area (Å²) in [6.45, 7) is 4.56. The van der Waals surface area contributed by atoms with Gasteiger partial charge in [-0.1, -0.05) is 37.5 Å². The fraction of sp³-hybridized carbons (Fsp3) is 0.357. The molecule has 4 N–H and O–H groups in total. The van der Waals surface area contributed by atoms with Crippen LogP contribution in [0.3, 0.4) is 0 Å². The highest BCUT2D eigenvalue weighted by Crippen LogP contribution is 2.46. The highest BCUT2D eigenvalue weighted by molar-refractivity contribution is 7.17. The van der Waals surface area contributed by atoms with Crippen molar-refractivity contribution >= 4 is 28.1 Å². The SMILES string of the molecule is C1CNCCN1.Nc1ncnc2c(C3CCCCC3)sc(-c3ccc(Oc4ccccc4)cc3)c12. The van der Waals surface area contributed by atoms with Gasteiger partial charge in [0.2, 0.25) is 0 Å². The number of piperazine rings is 1. The number of para-hydroxylation sites is 1. The van der Waals surface area contributed by atoms with E-state index in [2.05, 4.69) is 32.7 Å². The van der Waals surface area contributed by atoms with Crippen LogP contribution in [0.4, 0.5) is 5.82 Å². The van der Waals surface area contributed by atoms with E-state index in [4.69, 9.17) is 10.5 Å². The van der Waals surface area contributed by atoms with Gasteiger partial charge in [0.05, 0.1) is 10.9 Å². The van der Waals surface area contributed by atoms with E-state index < -0.39 is 0 Å². The molecule has 2 aliphatic rings. The van der Waals surface area contributed by atoms with Crippen molar-refractivity contribution in [1.82, 2.24) is 20.6 Å². The van der Waals surface area contributed by atoms with E-state index in [1.807, 2.05) is 53.8 Å². The van der Waals surface area contributed by atoms with Crippen LogP contribution in [0.2, 0.25) is 0 Å².